The minimum Gasteiger partial charge on any atom is -0.491 e. The van der Waals surface area contributed by atoms with Crippen molar-refractivity contribution in [1.29, 1.82) is 0 Å². The molecule has 0 fully saturated rings. The molecule has 0 bridgehead atoms. The number of rotatable bonds is 5. The number of carbonyl (C=O) groups is 2. The van der Waals surface area contributed by atoms with Gasteiger partial charge in [0.25, 0.3) is 0 Å². The first-order valence-electron chi connectivity index (χ1n) is 8.18. The van der Waals surface area contributed by atoms with E-state index in [2.05, 4.69) is 10.6 Å². The second-order valence-corrected chi connectivity index (χ2v) is 6.16. The molecule has 5 heteroatoms. The van der Waals surface area contributed by atoms with Crippen molar-refractivity contribution in [1.82, 2.24) is 0 Å². The topological polar surface area (TPSA) is 67.4 Å². The maximum atomic E-state index is 12.1. The fourth-order valence-corrected chi connectivity index (χ4v) is 2.63. The van der Waals surface area contributed by atoms with Gasteiger partial charge in [0.05, 0.1) is 12.5 Å². The second kappa shape index (κ2) is 7.21. The van der Waals surface area contributed by atoms with E-state index in [1.807, 2.05) is 44.2 Å². The van der Waals surface area contributed by atoms with Gasteiger partial charge in [-0.15, -0.1) is 0 Å². The lowest BCUT2D eigenvalue weighted by molar-refractivity contribution is -0.115. The summed E-state index contributed by atoms with van der Waals surface area (Å²) in [5, 5.41) is 5.57. The summed E-state index contributed by atoms with van der Waals surface area (Å²) in [7, 11) is 0. The molecule has 0 saturated carbocycles. The van der Waals surface area contributed by atoms with E-state index in [4.69, 9.17) is 4.74 Å². The number of anilines is 2. The van der Waals surface area contributed by atoms with E-state index in [1.165, 1.54) is 6.08 Å². The molecular weight excluding hydrogens is 316 g/mol. The van der Waals surface area contributed by atoms with Crippen LogP contribution in [0.1, 0.15) is 25.0 Å². The zero-order valence-electron chi connectivity index (χ0n) is 14.2. The molecule has 1 aliphatic rings. The third-order valence-electron chi connectivity index (χ3n) is 3.65. The Kier molecular flexibility index (Phi) is 4.84. The van der Waals surface area contributed by atoms with E-state index in [-0.39, 0.29) is 17.9 Å². The molecule has 0 saturated heterocycles. The summed E-state index contributed by atoms with van der Waals surface area (Å²) in [6.07, 6.45) is 3.66. The maximum absolute atomic E-state index is 12.1. The van der Waals surface area contributed by atoms with Crippen molar-refractivity contribution in [3.63, 3.8) is 0 Å². The summed E-state index contributed by atoms with van der Waals surface area (Å²) < 4.78 is 5.64. The number of nitrogens with one attached hydrogen (secondary N) is 2. The van der Waals surface area contributed by atoms with Crippen LogP contribution in [0.5, 0.6) is 5.75 Å². The fourth-order valence-electron chi connectivity index (χ4n) is 2.63. The Hall–Kier alpha value is -3.08. The number of fused-ring (bicyclic) bond motifs is 1. The second-order valence-electron chi connectivity index (χ2n) is 6.16. The van der Waals surface area contributed by atoms with Crippen LogP contribution in [0.15, 0.2) is 48.5 Å². The molecule has 0 aromatic heterocycles. The van der Waals surface area contributed by atoms with E-state index in [0.29, 0.717) is 12.1 Å². The van der Waals surface area contributed by atoms with Crippen LogP contribution in [0.25, 0.3) is 6.08 Å². The average molecular weight is 336 g/mol. The molecule has 128 valence electrons. The number of amides is 2. The first kappa shape index (κ1) is 16.8. The van der Waals surface area contributed by atoms with Crippen molar-refractivity contribution in [2.24, 2.45) is 0 Å². The standard InChI is InChI=1S/C20H20N2O3/c1-13(2)25-17-5-3-4-14(10-17)6-9-19(23)21-16-7-8-18-15(11-16)12-20(24)22-18/h3-11,13H,12H2,1-2H3,(H,21,23)(H,22,24)/b9-6+. The number of ether oxygens (including phenoxy) is 1. The third kappa shape index (κ3) is 4.47. The summed E-state index contributed by atoms with van der Waals surface area (Å²) in [6.45, 7) is 3.94. The van der Waals surface area contributed by atoms with Gasteiger partial charge in [-0.3, -0.25) is 9.59 Å². The summed E-state index contributed by atoms with van der Waals surface area (Å²) >= 11 is 0. The molecule has 0 aliphatic carbocycles. The zero-order chi connectivity index (χ0) is 17.8. The van der Waals surface area contributed by atoms with Crippen molar-refractivity contribution in [3.8, 4) is 5.75 Å². The highest BCUT2D eigenvalue weighted by atomic mass is 16.5. The van der Waals surface area contributed by atoms with Gasteiger partial charge in [0.1, 0.15) is 5.75 Å². The highest BCUT2D eigenvalue weighted by Crippen LogP contribution is 2.26. The van der Waals surface area contributed by atoms with Crippen LogP contribution in [0.3, 0.4) is 0 Å². The number of benzene rings is 2. The van der Waals surface area contributed by atoms with Crippen molar-refractivity contribution >= 4 is 29.3 Å². The van der Waals surface area contributed by atoms with Crippen LogP contribution < -0.4 is 15.4 Å². The molecule has 0 radical (unpaired) electrons. The smallest absolute Gasteiger partial charge is 0.248 e. The number of hydrogen-bond acceptors (Lipinski definition) is 3. The molecule has 0 spiro atoms. The minimum atomic E-state index is -0.229. The largest absolute Gasteiger partial charge is 0.491 e. The molecule has 25 heavy (non-hydrogen) atoms. The van der Waals surface area contributed by atoms with Gasteiger partial charge in [-0.25, -0.2) is 0 Å². The van der Waals surface area contributed by atoms with Gasteiger partial charge in [-0.2, -0.15) is 0 Å². The molecule has 3 rings (SSSR count). The molecule has 2 aromatic carbocycles. The van der Waals surface area contributed by atoms with Gasteiger partial charge in [-0.05, 0) is 61.4 Å². The highest BCUT2D eigenvalue weighted by molar-refractivity contribution is 6.03. The Bertz CT molecular complexity index is 841. The van der Waals surface area contributed by atoms with Gasteiger partial charge in [-0.1, -0.05) is 12.1 Å². The Morgan fingerprint density at radius 3 is 2.88 bits per heavy atom. The first-order chi connectivity index (χ1) is 12.0. The molecule has 2 amide bonds. The summed E-state index contributed by atoms with van der Waals surface area (Å²) in [4.78, 5) is 23.5. The molecular formula is C20H20N2O3. The van der Waals surface area contributed by atoms with Gasteiger partial charge in [0.15, 0.2) is 0 Å². The van der Waals surface area contributed by atoms with E-state index < -0.39 is 0 Å². The summed E-state index contributed by atoms with van der Waals surface area (Å²) in [6, 6.07) is 13.0. The van der Waals surface area contributed by atoms with Gasteiger partial charge in [0, 0.05) is 17.5 Å². The predicted molar refractivity (Wildman–Crippen MR) is 98.6 cm³/mol. The van der Waals surface area contributed by atoms with Crippen LogP contribution in [-0.2, 0) is 16.0 Å². The fraction of sp³-hybridized carbons (Fsp3) is 0.200. The number of hydrogen-bond donors (Lipinski definition) is 2. The molecule has 0 unspecified atom stereocenters. The van der Waals surface area contributed by atoms with Gasteiger partial charge < -0.3 is 15.4 Å². The maximum Gasteiger partial charge on any atom is 0.248 e. The summed E-state index contributed by atoms with van der Waals surface area (Å²) in [5.74, 6) is 0.516. The van der Waals surface area contributed by atoms with Crippen LogP contribution in [-0.4, -0.2) is 17.9 Å². The molecule has 2 N–H and O–H groups in total. The SMILES string of the molecule is CC(C)Oc1cccc(/C=C/C(=O)Nc2ccc3c(c2)CC(=O)N3)c1. The Labute approximate surface area is 146 Å². The lowest BCUT2D eigenvalue weighted by atomic mass is 10.1. The van der Waals surface area contributed by atoms with E-state index in [1.54, 1.807) is 18.2 Å². The monoisotopic (exact) mass is 336 g/mol. The average Bonchev–Trinajstić information content (AvgIpc) is 2.92. The van der Waals surface area contributed by atoms with Crippen LogP contribution in [0.4, 0.5) is 11.4 Å². The van der Waals surface area contributed by atoms with Crippen molar-refractivity contribution in [2.75, 3.05) is 10.6 Å². The van der Waals surface area contributed by atoms with Crippen molar-refractivity contribution in [2.45, 2.75) is 26.4 Å². The molecule has 1 heterocycles. The molecule has 1 aliphatic heterocycles. The normalized spacial score (nSPS) is 13.0. The number of carbonyl (C=O) groups excluding carboxylic acids is 2. The highest BCUT2D eigenvalue weighted by Gasteiger charge is 2.17. The van der Waals surface area contributed by atoms with E-state index in [9.17, 15) is 9.59 Å². The Morgan fingerprint density at radius 2 is 2.08 bits per heavy atom. The first-order valence-corrected chi connectivity index (χ1v) is 8.18. The van der Waals surface area contributed by atoms with E-state index in [0.717, 1.165) is 22.6 Å². The van der Waals surface area contributed by atoms with Crippen LogP contribution in [0.2, 0.25) is 0 Å². The Morgan fingerprint density at radius 1 is 1.24 bits per heavy atom. The quantitative estimate of drug-likeness (QED) is 0.820. The van der Waals surface area contributed by atoms with Gasteiger partial charge in [0.2, 0.25) is 11.8 Å². The molecule has 2 aromatic rings. The van der Waals surface area contributed by atoms with Gasteiger partial charge >= 0.3 is 0 Å². The molecule has 0 atom stereocenters. The van der Waals surface area contributed by atoms with Crippen LogP contribution in [0, 0.1) is 0 Å². The van der Waals surface area contributed by atoms with E-state index >= 15 is 0 Å². The van der Waals surface area contributed by atoms with Crippen molar-refractivity contribution < 1.29 is 14.3 Å². The Balaban J connectivity index is 1.64. The third-order valence-corrected chi connectivity index (χ3v) is 3.65. The lowest BCUT2D eigenvalue weighted by Gasteiger charge is -2.09. The lowest BCUT2D eigenvalue weighted by Crippen LogP contribution is -2.08. The summed E-state index contributed by atoms with van der Waals surface area (Å²) in [5.41, 5.74) is 3.25. The molecule has 5 nitrogen and oxygen atoms in total. The van der Waals surface area contributed by atoms with Crippen molar-refractivity contribution in [3.05, 3.63) is 59.7 Å². The predicted octanol–water partition coefficient (Wildman–Crippen LogP) is 3.62. The zero-order valence-corrected chi connectivity index (χ0v) is 14.2. The minimum absolute atomic E-state index is 0.0260. The van der Waals surface area contributed by atoms with Crippen LogP contribution >= 0.6 is 0 Å².